The van der Waals surface area contributed by atoms with E-state index in [0.29, 0.717) is 39.2 Å². The molecule has 43 heavy (non-hydrogen) atoms. The number of rotatable bonds is 19. The number of carboxylic acids is 1. The Morgan fingerprint density at radius 2 is 1.77 bits per heavy atom. The van der Waals surface area contributed by atoms with Gasteiger partial charge in [-0.05, 0) is 82.6 Å². The van der Waals surface area contributed by atoms with Crippen molar-refractivity contribution in [3.63, 3.8) is 0 Å². The summed E-state index contributed by atoms with van der Waals surface area (Å²) in [6, 6.07) is -0.284. The van der Waals surface area contributed by atoms with Gasteiger partial charge in [0.05, 0.1) is 19.1 Å². The van der Waals surface area contributed by atoms with Gasteiger partial charge in [0.15, 0.2) is 0 Å². The molecule has 3 rings (SSSR count). The van der Waals surface area contributed by atoms with Crippen LogP contribution in [0.15, 0.2) is 23.5 Å². The van der Waals surface area contributed by atoms with Gasteiger partial charge in [-0.2, -0.15) is 0 Å². The number of ketones is 1. The van der Waals surface area contributed by atoms with E-state index in [2.05, 4.69) is 49.9 Å². The predicted octanol–water partition coefficient (Wildman–Crippen LogP) is 5.63. The molecule has 0 aromatic carbocycles. The number of likely N-dealkylation sites (tertiary alicyclic amines) is 1. The highest BCUT2D eigenvalue weighted by Gasteiger charge is 2.50. The van der Waals surface area contributed by atoms with Crippen LogP contribution in [0.25, 0.3) is 0 Å². The Balaban J connectivity index is 1.78. The number of aliphatic carboxylic acids is 1. The summed E-state index contributed by atoms with van der Waals surface area (Å²) in [6.07, 6.45) is 14.4. The van der Waals surface area contributed by atoms with E-state index in [4.69, 9.17) is 4.74 Å². The van der Waals surface area contributed by atoms with Crippen molar-refractivity contribution in [3.05, 3.63) is 23.5 Å². The number of amides is 1. The molecule has 0 radical (unpaired) electrons. The standard InChI is InChI=1S/C35H59N3O5/c1-7-9-14-27(15-12-10-11-13-18-36(5)6)32(40)24-38-23-30(29-22-28-17-20-43-33(28)21-25(29)3)34(35(41)42)31(38)16-19-37(8-2)26(4)39/h21-22,25,27,29-31,34H,7-20,23-24H2,1-6H3,(H,41,42)/t25?,27-,29?,30-,31+,34-/m1/s1. The van der Waals surface area contributed by atoms with Crippen LogP contribution in [0.1, 0.15) is 91.9 Å². The predicted molar refractivity (Wildman–Crippen MR) is 172 cm³/mol. The fraction of sp³-hybridized carbons (Fsp3) is 0.800. The number of hydrogen-bond donors (Lipinski definition) is 1. The van der Waals surface area contributed by atoms with Gasteiger partial charge < -0.3 is 19.6 Å². The van der Waals surface area contributed by atoms with E-state index < -0.39 is 11.9 Å². The lowest BCUT2D eigenvalue weighted by atomic mass is 9.72. The third kappa shape index (κ3) is 9.90. The molecule has 2 unspecified atom stereocenters. The van der Waals surface area contributed by atoms with Crippen molar-refractivity contribution in [3.8, 4) is 0 Å². The Morgan fingerprint density at radius 3 is 2.42 bits per heavy atom. The van der Waals surface area contributed by atoms with Crippen LogP contribution in [0.3, 0.4) is 0 Å². The molecule has 2 aliphatic heterocycles. The summed E-state index contributed by atoms with van der Waals surface area (Å²) < 4.78 is 5.81. The fourth-order valence-corrected chi connectivity index (χ4v) is 7.58. The summed E-state index contributed by atoms with van der Waals surface area (Å²) >= 11 is 0. The Hall–Kier alpha value is -2.19. The van der Waals surface area contributed by atoms with E-state index in [1.165, 1.54) is 18.4 Å². The second-order valence-electron chi connectivity index (χ2n) is 13.5. The number of carbonyl (C=O) groups is 3. The second-order valence-corrected chi connectivity index (χ2v) is 13.5. The van der Waals surface area contributed by atoms with Crippen molar-refractivity contribution in [1.29, 1.82) is 0 Å². The summed E-state index contributed by atoms with van der Waals surface area (Å²) in [6.45, 7) is 11.6. The lowest BCUT2D eigenvalue weighted by Crippen LogP contribution is -2.43. The van der Waals surface area contributed by atoms with Gasteiger partial charge in [0.1, 0.15) is 11.5 Å². The Bertz CT molecular complexity index is 992. The van der Waals surface area contributed by atoms with Gasteiger partial charge in [0.2, 0.25) is 5.91 Å². The number of carbonyl (C=O) groups excluding carboxylic acids is 2. The number of allylic oxidation sites excluding steroid dienone is 3. The van der Waals surface area contributed by atoms with Crippen LogP contribution in [0.2, 0.25) is 0 Å². The van der Waals surface area contributed by atoms with Crippen molar-refractivity contribution in [2.75, 3.05) is 53.4 Å². The Labute approximate surface area is 260 Å². The van der Waals surface area contributed by atoms with Gasteiger partial charge in [-0.3, -0.25) is 19.3 Å². The largest absolute Gasteiger partial charge is 0.493 e. The van der Waals surface area contributed by atoms with Crippen LogP contribution in [0, 0.1) is 29.6 Å². The maximum absolute atomic E-state index is 13.9. The van der Waals surface area contributed by atoms with Crippen molar-refractivity contribution < 1.29 is 24.2 Å². The molecule has 3 aliphatic rings. The number of nitrogens with zero attached hydrogens (tertiary/aromatic N) is 3. The van der Waals surface area contributed by atoms with E-state index in [9.17, 15) is 19.5 Å². The van der Waals surface area contributed by atoms with Gasteiger partial charge in [0, 0.05) is 44.9 Å². The summed E-state index contributed by atoms with van der Waals surface area (Å²) in [7, 11) is 4.21. The Kier molecular flexibility index (Phi) is 14.2. The molecule has 1 amide bonds. The topological polar surface area (TPSA) is 90.4 Å². The van der Waals surface area contributed by atoms with E-state index >= 15 is 0 Å². The lowest BCUT2D eigenvalue weighted by Gasteiger charge is -2.32. The summed E-state index contributed by atoms with van der Waals surface area (Å²) in [4.78, 5) is 45.3. The number of unbranched alkanes of at least 4 members (excludes halogenated alkanes) is 4. The van der Waals surface area contributed by atoms with Crippen molar-refractivity contribution in [2.45, 2.75) is 97.9 Å². The van der Waals surface area contributed by atoms with Crippen LogP contribution in [0.5, 0.6) is 0 Å². The SMILES string of the molecule is CCCC[C@H](CCCCCCN(C)C)C(=O)CN1C[C@H](C2C=C3CCOC3=CC2C)[C@@H](C(=O)O)[C@@H]1CCN(CC)C(C)=O. The molecule has 2 fully saturated rings. The first-order valence-electron chi connectivity index (χ1n) is 17.0. The van der Waals surface area contributed by atoms with Gasteiger partial charge in [-0.15, -0.1) is 0 Å². The number of Topliss-reactive ketones (excluding diaryl/α,β-unsaturated/α-hetero) is 1. The molecule has 0 spiro atoms. The van der Waals surface area contributed by atoms with Crippen LogP contribution >= 0.6 is 0 Å². The molecule has 2 heterocycles. The molecule has 0 bridgehead atoms. The first kappa shape index (κ1) is 35.3. The Morgan fingerprint density at radius 1 is 1.05 bits per heavy atom. The zero-order chi connectivity index (χ0) is 31.5. The smallest absolute Gasteiger partial charge is 0.308 e. The first-order chi connectivity index (χ1) is 20.6. The number of ether oxygens (including phenoxy) is 1. The molecule has 2 saturated heterocycles. The van der Waals surface area contributed by atoms with Crippen molar-refractivity contribution in [2.24, 2.45) is 29.6 Å². The molecule has 8 heteroatoms. The van der Waals surface area contributed by atoms with E-state index in [1.807, 2.05) is 6.92 Å². The summed E-state index contributed by atoms with van der Waals surface area (Å²) in [5.74, 6) is -0.000296. The molecular weight excluding hydrogens is 542 g/mol. The minimum atomic E-state index is -0.792. The molecule has 1 aliphatic carbocycles. The van der Waals surface area contributed by atoms with Crippen LogP contribution in [-0.2, 0) is 19.1 Å². The van der Waals surface area contributed by atoms with E-state index in [1.54, 1.807) is 11.8 Å². The van der Waals surface area contributed by atoms with E-state index in [-0.39, 0.29) is 41.4 Å². The number of hydrogen-bond acceptors (Lipinski definition) is 6. The molecule has 244 valence electrons. The van der Waals surface area contributed by atoms with Crippen LogP contribution in [0.4, 0.5) is 0 Å². The minimum absolute atomic E-state index is 0.00120. The number of fused-ring (bicyclic) bond motifs is 1. The number of carboxylic acid groups (broad SMARTS) is 1. The average Bonchev–Trinajstić information content (AvgIpc) is 3.55. The highest BCUT2D eigenvalue weighted by Crippen LogP contribution is 2.45. The zero-order valence-corrected chi connectivity index (χ0v) is 27.9. The van der Waals surface area contributed by atoms with Crippen LogP contribution in [-0.4, -0.2) is 96.9 Å². The van der Waals surface area contributed by atoms with Gasteiger partial charge in [-0.1, -0.05) is 52.0 Å². The molecule has 1 N–H and O–H groups in total. The zero-order valence-electron chi connectivity index (χ0n) is 27.9. The van der Waals surface area contributed by atoms with Crippen molar-refractivity contribution in [1.82, 2.24) is 14.7 Å². The second kappa shape index (κ2) is 17.3. The molecule has 0 aromatic rings. The summed E-state index contributed by atoms with van der Waals surface area (Å²) in [5, 5.41) is 10.6. The maximum Gasteiger partial charge on any atom is 0.308 e. The third-order valence-corrected chi connectivity index (χ3v) is 10.1. The highest BCUT2D eigenvalue weighted by molar-refractivity contribution is 5.83. The highest BCUT2D eigenvalue weighted by atomic mass is 16.5. The molecule has 0 aromatic heterocycles. The molecule has 8 nitrogen and oxygen atoms in total. The molecule has 0 saturated carbocycles. The first-order valence-corrected chi connectivity index (χ1v) is 17.0. The monoisotopic (exact) mass is 601 g/mol. The maximum atomic E-state index is 13.9. The molecule has 6 atom stereocenters. The third-order valence-electron chi connectivity index (χ3n) is 10.1. The fourth-order valence-electron chi connectivity index (χ4n) is 7.58. The normalized spacial score (nSPS) is 26.1. The lowest BCUT2D eigenvalue weighted by molar-refractivity contribution is -0.144. The summed E-state index contributed by atoms with van der Waals surface area (Å²) in [5.41, 5.74) is 1.19. The molecular formula is C35H59N3O5. The van der Waals surface area contributed by atoms with Gasteiger partial charge >= 0.3 is 5.97 Å². The van der Waals surface area contributed by atoms with Crippen LogP contribution < -0.4 is 0 Å². The van der Waals surface area contributed by atoms with E-state index in [0.717, 1.165) is 57.2 Å². The quantitative estimate of drug-likeness (QED) is 0.192. The minimum Gasteiger partial charge on any atom is -0.493 e. The van der Waals surface area contributed by atoms with Gasteiger partial charge in [0.25, 0.3) is 0 Å². The average molecular weight is 602 g/mol. The van der Waals surface area contributed by atoms with Crippen molar-refractivity contribution >= 4 is 17.7 Å². The van der Waals surface area contributed by atoms with Gasteiger partial charge in [-0.25, -0.2) is 0 Å².